The maximum atomic E-state index is 13.8. The lowest BCUT2D eigenvalue weighted by Gasteiger charge is -2.10. The van der Waals surface area contributed by atoms with Crippen molar-refractivity contribution in [3.8, 4) is 5.75 Å². The van der Waals surface area contributed by atoms with Gasteiger partial charge in [-0.1, -0.05) is 36.4 Å². The minimum absolute atomic E-state index is 0.167. The van der Waals surface area contributed by atoms with Gasteiger partial charge in [-0.2, -0.15) is 0 Å². The lowest BCUT2D eigenvalue weighted by molar-refractivity contribution is -0.131. The number of rotatable bonds is 5. The average Bonchev–Trinajstić information content (AvgIpc) is 2.47. The van der Waals surface area contributed by atoms with Crippen LogP contribution >= 0.6 is 0 Å². The van der Waals surface area contributed by atoms with E-state index in [-0.39, 0.29) is 18.2 Å². The smallest absolute Gasteiger partial charge is 0.328 e. The molecule has 0 fully saturated rings. The fourth-order valence-corrected chi connectivity index (χ4v) is 1.88. The van der Waals surface area contributed by atoms with Crippen molar-refractivity contribution in [3.63, 3.8) is 0 Å². The molecule has 0 saturated heterocycles. The third-order valence-electron chi connectivity index (χ3n) is 3.00. The molecule has 1 N–H and O–H groups in total. The zero-order chi connectivity index (χ0) is 15.2. The summed E-state index contributed by atoms with van der Waals surface area (Å²) >= 11 is 0. The van der Waals surface area contributed by atoms with Crippen molar-refractivity contribution in [1.29, 1.82) is 0 Å². The predicted octanol–water partition coefficient (Wildman–Crippen LogP) is 3.81. The number of carbonyl (C=O) groups is 1. The molecule has 0 unspecified atom stereocenters. The number of carboxylic acid groups (broad SMARTS) is 1. The summed E-state index contributed by atoms with van der Waals surface area (Å²) in [4.78, 5) is 10.6. The van der Waals surface area contributed by atoms with Crippen LogP contribution in [-0.4, -0.2) is 11.1 Å². The molecule has 0 radical (unpaired) electrons. The minimum Gasteiger partial charge on any atom is -0.486 e. The van der Waals surface area contributed by atoms with Crippen molar-refractivity contribution >= 4 is 12.0 Å². The second kappa shape index (κ2) is 6.70. The zero-order valence-corrected chi connectivity index (χ0v) is 11.5. The topological polar surface area (TPSA) is 46.5 Å². The van der Waals surface area contributed by atoms with Gasteiger partial charge in [0.1, 0.15) is 6.61 Å². The first-order chi connectivity index (χ1) is 10.1. The van der Waals surface area contributed by atoms with Crippen LogP contribution in [-0.2, 0) is 11.4 Å². The summed E-state index contributed by atoms with van der Waals surface area (Å²) in [5.41, 5.74) is 2.04. The van der Waals surface area contributed by atoms with Crippen LogP contribution < -0.4 is 4.74 Å². The lowest BCUT2D eigenvalue weighted by Crippen LogP contribution is -2.00. The molecule has 108 valence electrons. The third-order valence-corrected chi connectivity index (χ3v) is 3.00. The van der Waals surface area contributed by atoms with Crippen molar-refractivity contribution in [2.75, 3.05) is 0 Å². The molecule has 0 atom stereocenters. The van der Waals surface area contributed by atoms with Crippen LogP contribution in [0.15, 0.2) is 48.5 Å². The fourth-order valence-electron chi connectivity index (χ4n) is 1.88. The Hall–Kier alpha value is -2.62. The molecule has 21 heavy (non-hydrogen) atoms. The molecule has 0 aromatic heterocycles. The molecule has 2 aromatic carbocycles. The Labute approximate surface area is 122 Å². The fraction of sp³-hybridized carbons (Fsp3) is 0.118. The maximum Gasteiger partial charge on any atom is 0.328 e. The monoisotopic (exact) mass is 286 g/mol. The number of hydrogen-bond donors (Lipinski definition) is 1. The largest absolute Gasteiger partial charge is 0.486 e. The minimum atomic E-state index is -1.02. The average molecular weight is 286 g/mol. The summed E-state index contributed by atoms with van der Waals surface area (Å²) in [6.07, 6.45) is 2.56. The summed E-state index contributed by atoms with van der Waals surface area (Å²) in [6.45, 7) is 1.84. The van der Waals surface area contributed by atoms with Crippen LogP contribution in [0, 0.1) is 12.7 Å². The highest BCUT2D eigenvalue weighted by Gasteiger charge is 2.07. The van der Waals surface area contributed by atoms with Gasteiger partial charge in [-0.3, -0.25) is 0 Å². The first kappa shape index (κ1) is 14.8. The van der Waals surface area contributed by atoms with Crippen LogP contribution in [0.5, 0.6) is 5.75 Å². The molecule has 0 bridgehead atoms. The van der Waals surface area contributed by atoms with E-state index in [2.05, 4.69) is 0 Å². The van der Waals surface area contributed by atoms with Crippen molar-refractivity contribution in [3.05, 3.63) is 71.0 Å². The second-order valence-electron chi connectivity index (χ2n) is 4.55. The Kier molecular flexibility index (Phi) is 4.72. The van der Waals surface area contributed by atoms with Crippen LogP contribution in [0.25, 0.3) is 6.08 Å². The molecule has 2 aromatic rings. The van der Waals surface area contributed by atoms with E-state index >= 15 is 0 Å². The summed E-state index contributed by atoms with van der Waals surface area (Å²) in [7, 11) is 0. The van der Waals surface area contributed by atoms with Crippen molar-refractivity contribution in [2.24, 2.45) is 0 Å². The molecular formula is C17H15FO3. The number of hydrogen-bond acceptors (Lipinski definition) is 2. The standard InChI is InChI=1S/C17H15FO3/c1-12-5-4-8-15(17(12)18)21-11-14-7-3-2-6-13(14)9-10-16(19)20/h2-10H,11H2,1H3,(H,19,20)/b10-9+. The third kappa shape index (κ3) is 3.92. The van der Waals surface area contributed by atoms with E-state index in [4.69, 9.17) is 9.84 Å². The molecule has 0 spiro atoms. The number of aryl methyl sites for hydroxylation is 1. The molecule has 0 heterocycles. The first-order valence-corrected chi connectivity index (χ1v) is 6.45. The Balaban J connectivity index is 2.17. The summed E-state index contributed by atoms with van der Waals surface area (Å²) in [5, 5.41) is 8.67. The molecule has 0 amide bonds. The molecule has 0 saturated carbocycles. The number of halogens is 1. The van der Waals surface area contributed by atoms with E-state index < -0.39 is 5.97 Å². The molecule has 0 aliphatic carbocycles. The van der Waals surface area contributed by atoms with E-state index in [0.717, 1.165) is 17.2 Å². The van der Waals surface area contributed by atoms with Crippen LogP contribution in [0.3, 0.4) is 0 Å². The van der Waals surface area contributed by atoms with Crippen LogP contribution in [0.1, 0.15) is 16.7 Å². The predicted molar refractivity (Wildman–Crippen MR) is 78.6 cm³/mol. The first-order valence-electron chi connectivity index (χ1n) is 6.45. The van der Waals surface area contributed by atoms with Crippen molar-refractivity contribution in [1.82, 2.24) is 0 Å². The Morgan fingerprint density at radius 2 is 2.00 bits per heavy atom. The number of benzene rings is 2. The van der Waals surface area contributed by atoms with Gasteiger partial charge in [0.2, 0.25) is 0 Å². The van der Waals surface area contributed by atoms with E-state index in [0.29, 0.717) is 5.56 Å². The zero-order valence-electron chi connectivity index (χ0n) is 11.5. The quantitative estimate of drug-likeness (QED) is 0.850. The van der Waals surface area contributed by atoms with E-state index in [9.17, 15) is 9.18 Å². The van der Waals surface area contributed by atoms with Gasteiger partial charge in [-0.25, -0.2) is 9.18 Å². The van der Waals surface area contributed by atoms with Gasteiger partial charge >= 0.3 is 5.97 Å². The van der Waals surface area contributed by atoms with E-state index in [1.807, 2.05) is 12.1 Å². The van der Waals surface area contributed by atoms with Gasteiger partial charge in [-0.05, 0) is 35.8 Å². The highest BCUT2D eigenvalue weighted by atomic mass is 19.1. The normalized spacial score (nSPS) is 10.8. The van der Waals surface area contributed by atoms with Gasteiger partial charge in [0.05, 0.1) is 0 Å². The maximum absolute atomic E-state index is 13.8. The van der Waals surface area contributed by atoms with E-state index in [1.165, 1.54) is 6.08 Å². The van der Waals surface area contributed by atoms with Gasteiger partial charge in [0.25, 0.3) is 0 Å². The second-order valence-corrected chi connectivity index (χ2v) is 4.55. The molecular weight excluding hydrogens is 271 g/mol. The Morgan fingerprint density at radius 3 is 2.76 bits per heavy atom. The summed E-state index contributed by atoms with van der Waals surface area (Å²) in [5.74, 6) is -1.21. The van der Waals surface area contributed by atoms with Gasteiger partial charge in [0, 0.05) is 6.08 Å². The van der Waals surface area contributed by atoms with E-state index in [1.54, 1.807) is 37.3 Å². The lowest BCUT2D eigenvalue weighted by atomic mass is 10.1. The number of aliphatic carboxylic acids is 1. The summed E-state index contributed by atoms with van der Waals surface area (Å²) < 4.78 is 19.3. The van der Waals surface area contributed by atoms with Crippen LogP contribution in [0.4, 0.5) is 4.39 Å². The Morgan fingerprint density at radius 1 is 1.24 bits per heavy atom. The van der Waals surface area contributed by atoms with Crippen LogP contribution in [0.2, 0.25) is 0 Å². The van der Waals surface area contributed by atoms with Gasteiger partial charge in [0.15, 0.2) is 11.6 Å². The summed E-state index contributed by atoms with van der Waals surface area (Å²) in [6, 6.07) is 12.2. The highest BCUT2D eigenvalue weighted by Crippen LogP contribution is 2.21. The highest BCUT2D eigenvalue weighted by molar-refractivity contribution is 5.85. The molecule has 3 nitrogen and oxygen atoms in total. The van der Waals surface area contributed by atoms with Gasteiger partial charge < -0.3 is 9.84 Å². The molecule has 0 aliphatic rings. The van der Waals surface area contributed by atoms with Crippen molar-refractivity contribution in [2.45, 2.75) is 13.5 Å². The number of carboxylic acids is 1. The molecule has 4 heteroatoms. The van der Waals surface area contributed by atoms with Gasteiger partial charge in [-0.15, -0.1) is 0 Å². The molecule has 0 aliphatic heterocycles. The molecule has 2 rings (SSSR count). The Bertz CT molecular complexity index is 677. The number of ether oxygens (including phenoxy) is 1. The van der Waals surface area contributed by atoms with Crippen molar-refractivity contribution < 1.29 is 19.0 Å². The SMILES string of the molecule is Cc1cccc(OCc2ccccc2/C=C/C(=O)O)c1F.